The Morgan fingerprint density at radius 2 is 1.70 bits per heavy atom. The maximum Gasteiger partial charge on any atom is 0.246 e. The Hall–Kier alpha value is -2.29. The monoisotopic (exact) mass is 268 g/mol. The second-order valence-electron chi connectivity index (χ2n) is 4.97. The predicted molar refractivity (Wildman–Crippen MR) is 84.1 cm³/mol. The normalized spacial score (nSPS) is 11.8. The van der Waals surface area contributed by atoms with Gasteiger partial charge >= 0.3 is 0 Å². The summed E-state index contributed by atoms with van der Waals surface area (Å²) < 4.78 is 0. The summed E-state index contributed by atoms with van der Waals surface area (Å²) in [6.07, 6.45) is 0. The van der Waals surface area contributed by atoms with Crippen LogP contribution in [0.3, 0.4) is 0 Å². The van der Waals surface area contributed by atoms with Gasteiger partial charge in [0.1, 0.15) is 6.04 Å². The van der Waals surface area contributed by atoms with Gasteiger partial charge in [-0.15, -0.1) is 0 Å². The number of hydrogen-bond donors (Lipinski definition) is 2. The number of aryl methyl sites for hydroxylation is 1. The molecule has 3 nitrogen and oxygen atoms in total. The molecule has 0 unspecified atom stereocenters. The molecule has 0 bridgehead atoms. The van der Waals surface area contributed by atoms with Gasteiger partial charge in [-0.05, 0) is 50.1 Å². The molecular formula is C17H20N2O. The van der Waals surface area contributed by atoms with Crippen molar-refractivity contribution in [1.29, 1.82) is 0 Å². The van der Waals surface area contributed by atoms with Gasteiger partial charge in [0, 0.05) is 11.4 Å². The molecule has 3 heteroatoms. The standard InChI is InChI=1S/C17H20N2O/c1-12-8-7-11-16(13(12)2)18-14(3)17(20)19-15-9-5-4-6-10-15/h4-11,14,18H,1-3H3,(H,19,20)/t14-/m0/s1. The lowest BCUT2D eigenvalue weighted by Crippen LogP contribution is -2.32. The lowest BCUT2D eigenvalue weighted by Gasteiger charge is -2.17. The molecule has 2 aromatic carbocycles. The molecular weight excluding hydrogens is 248 g/mol. The summed E-state index contributed by atoms with van der Waals surface area (Å²) in [6.45, 7) is 5.98. The Morgan fingerprint density at radius 1 is 1.00 bits per heavy atom. The van der Waals surface area contributed by atoms with E-state index in [1.54, 1.807) is 0 Å². The first-order valence-corrected chi connectivity index (χ1v) is 6.76. The predicted octanol–water partition coefficient (Wildman–Crippen LogP) is 3.74. The maximum atomic E-state index is 12.1. The van der Waals surface area contributed by atoms with Gasteiger partial charge in [0.05, 0.1) is 0 Å². The Bertz CT molecular complexity index is 593. The van der Waals surface area contributed by atoms with Crippen molar-refractivity contribution in [3.8, 4) is 0 Å². The molecule has 1 amide bonds. The van der Waals surface area contributed by atoms with Crippen molar-refractivity contribution >= 4 is 17.3 Å². The molecule has 1 atom stereocenters. The zero-order valence-electron chi connectivity index (χ0n) is 12.1. The number of benzene rings is 2. The van der Waals surface area contributed by atoms with E-state index in [-0.39, 0.29) is 11.9 Å². The number of anilines is 2. The lowest BCUT2D eigenvalue weighted by atomic mass is 10.1. The van der Waals surface area contributed by atoms with Crippen LogP contribution in [0.15, 0.2) is 48.5 Å². The van der Waals surface area contributed by atoms with E-state index in [2.05, 4.69) is 30.5 Å². The molecule has 0 saturated carbocycles. The summed E-state index contributed by atoms with van der Waals surface area (Å²) in [6, 6.07) is 15.2. The number of carbonyl (C=O) groups is 1. The van der Waals surface area contributed by atoms with E-state index >= 15 is 0 Å². The molecule has 2 N–H and O–H groups in total. The molecule has 0 radical (unpaired) electrons. The fourth-order valence-electron chi connectivity index (χ4n) is 1.98. The van der Waals surface area contributed by atoms with Gasteiger partial charge in [-0.3, -0.25) is 4.79 Å². The summed E-state index contributed by atoms with van der Waals surface area (Å²) in [7, 11) is 0. The van der Waals surface area contributed by atoms with E-state index in [4.69, 9.17) is 0 Å². The van der Waals surface area contributed by atoms with E-state index in [0.717, 1.165) is 11.4 Å². The summed E-state index contributed by atoms with van der Waals surface area (Å²) in [5, 5.41) is 6.15. The van der Waals surface area contributed by atoms with Crippen molar-refractivity contribution in [3.63, 3.8) is 0 Å². The van der Waals surface area contributed by atoms with Crippen molar-refractivity contribution in [2.24, 2.45) is 0 Å². The average Bonchev–Trinajstić information content (AvgIpc) is 2.45. The number of hydrogen-bond acceptors (Lipinski definition) is 2. The third kappa shape index (κ3) is 3.38. The molecule has 0 aromatic heterocycles. The van der Waals surface area contributed by atoms with Crippen LogP contribution in [-0.2, 0) is 4.79 Å². The highest BCUT2D eigenvalue weighted by molar-refractivity contribution is 5.96. The van der Waals surface area contributed by atoms with Crippen LogP contribution >= 0.6 is 0 Å². The van der Waals surface area contributed by atoms with E-state index in [1.165, 1.54) is 11.1 Å². The van der Waals surface area contributed by atoms with Gasteiger partial charge in [-0.2, -0.15) is 0 Å². The molecule has 2 rings (SSSR count). The van der Waals surface area contributed by atoms with Gasteiger partial charge in [-0.25, -0.2) is 0 Å². The van der Waals surface area contributed by atoms with E-state index < -0.39 is 0 Å². The van der Waals surface area contributed by atoms with Crippen LogP contribution in [-0.4, -0.2) is 11.9 Å². The summed E-state index contributed by atoms with van der Waals surface area (Å²) in [4.78, 5) is 12.1. The Balaban J connectivity index is 2.03. The topological polar surface area (TPSA) is 41.1 Å². The molecule has 0 spiro atoms. The highest BCUT2D eigenvalue weighted by Gasteiger charge is 2.13. The van der Waals surface area contributed by atoms with Crippen LogP contribution < -0.4 is 10.6 Å². The van der Waals surface area contributed by atoms with Crippen molar-refractivity contribution in [2.45, 2.75) is 26.8 Å². The van der Waals surface area contributed by atoms with E-state index in [1.807, 2.05) is 49.4 Å². The Kier molecular flexibility index (Phi) is 4.41. The van der Waals surface area contributed by atoms with E-state index in [0.29, 0.717) is 0 Å². The largest absolute Gasteiger partial charge is 0.374 e. The summed E-state index contributed by atoms with van der Waals surface area (Å²) in [5.74, 6) is -0.0443. The summed E-state index contributed by atoms with van der Waals surface area (Å²) >= 11 is 0. The van der Waals surface area contributed by atoms with Crippen LogP contribution in [0.5, 0.6) is 0 Å². The first-order valence-electron chi connectivity index (χ1n) is 6.76. The first-order chi connectivity index (χ1) is 9.58. The highest BCUT2D eigenvalue weighted by atomic mass is 16.2. The van der Waals surface area contributed by atoms with Crippen molar-refractivity contribution < 1.29 is 4.79 Å². The van der Waals surface area contributed by atoms with Gasteiger partial charge in [0.15, 0.2) is 0 Å². The van der Waals surface area contributed by atoms with Crippen LogP contribution in [0, 0.1) is 13.8 Å². The molecule has 0 aliphatic rings. The quantitative estimate of drug-likeness (QED) is 0.886. The molecule has 20 heavy (non-hydrogen) atoms. The number of amides is 1. The van der Waals surface area contributed by atoms with Crippen molar-refractivity contribution in [1.82, 2.24) is 0 Å². The Morgan fingerprint density at radius 3 is 2.40 bits per heavy atom. The second kappa shape index (κ2) is 6.24. The van der Waals surface area contributed by atoms with Crippen molar-refractivity contribution in [2.75, 3.05) is 10.6 Å². The van der Waals surface area contributed by atoms with Gasteiger partial charge in [0.25, 0.3) is 0 Å². The SMILES string of the molecule is Cc1cccc(N[C@@H](C)C(=O)Nc2ccccc2)c1C. The zero-order valence-corrected chi connectivity index (χ0v) is 12.1. The van der Waals surface area contributed by atoms with Crippen LogP contribution in [0.2, 0.25) is 0 Å². The maximum absolute atomic E-state index is 12.1. The van der Waals surface area contributed by atoms with Gasteiger partial charge < -0.3 is 10.6 Å². The van der Waals surface area contributed by atoms with Gasteiger partial charge in [0.2, 0.25) is 5.91 Å². The molecule has 104 valence electrons. The average molecular weight is 268 g/mol. The number of rotatable bonds is 4. The molecule has 0 fully saturated rings. The third-order valence-electron chi connectivity index (χ3n) is 3.41. The Labute approximate surface area is 120 Å². The van der Waals surface area contributed by atoms with Crippen LogP contribution in [0.25, 0.3) is 0 Å². The smallest absolute Gasteiger partial charge is 0.246 e. The minimum Gasteiger partial charge on any atom is -0.374 e. The molecule has 0 saturated heterocycles. The lowest BCUT2D eigenvalue weighted by molar-refractivity contribution is -0.116. The highest BCUT2D eigenvalue weighted by Crippen LogP contribution is 2.19. The fraction of sp³-hybridized carbons (Fsp3) is 0.235. The van der Waals surface area contributed by atoms with E-state index in [9.17, 15) is 4.79 Å². The number of nitrogens with one attached hydrogen (secondary N) is 2. The minimum absolute atomic E-state index is 0.0443. The number of carbonyl (C=O) groups excluding carboxylic acids is 1. The third-order valence-corrected chi connectivity index (χ3v) is 3.41. The van der Waals surface area contributed by atoms with Crippen molar-refractivity contribution in [3.05, 3.63) is 59.7 Å². The molecule has 2 aromatic rings. The zero-order chi connectivity index (χ0) is 14.5. The molecule has 0 aliphatic heterocycles. The van der Waals surface area contributed by atoms with Crippen LogP contribution in [0.1, 0.15) is 18.1 Å². The first kappa shape index (κ1) is 14.1. The second-order valence-corrected chi connectivity index (χ2v) is 4.97. The fourth-order valence-corrected chi connectivity index (χ4v) is 1.98. The number of para-hydroxylation sites is 1. The van der Waals surface area contributed by atoms with Crippen LogP contribution in [0.4, 0.5) is 11.4 Å². The minimum atomic E-state index is -0.296. The molecule has 0 aliphatic carbocycles. The summed E-state index contributed by atoms with van der Waals surface area (Å²) in [5.41, 5.74) is 4.20. The van der Waals surface area contributed by atoms with Gasteiger partial charge in [-0.1, -0.05) is 30.3 Å². The molecule has 0 heterocycles.